The summed E-state index contributed by atoms with van der Waals surface area (Å²) < 4.78 is 7.34. The summed E-state index contributed by atoms with van der Waals surface area (Å²) in [5.41, 5.74) is 2.26. The SMILES string of the molecule is Cc1cc(Br)c(=O)n(Cc2cccc(C(=O)OC(C)C)c2)c1. The van der Waals surface area contributed by atoms with Gasteiger partial charge in [-0.3, -0.25) is 4.79 Å². The normalized spacial score (nSPS) is 10.8. The minimum Gasteiger partial charge on any atom is -0.459 e. The molecular formula is C17H18BrNO3. The van der Waals surface area contributed by atoms with E-state index in [-0.39, 0.29) is 17.6 Å². The van der Waals surface area contributed by atoms with Gasteiger partial charge in [0.25, 0.3) is 5.56 Å². The van der Waals surface area contributed by atoms with Crippen LogP contribution in [0.1, 0.15) is 35.3 Å². The van der Waals surface area contributed by atoms with Gasteiger partial charge in [0.2, 0.25) is 0 Å². The van der Waals surface area contributed by atoms with E-state index in [0.29, 0.717) is 16.6 Å². The average Bonchev–Trinajstić information content (AvgIpc) is 2.44. The molecule has 1 aromatic carbocycles. The number of benzene rings is 1. The molecular weight excluding hydrogens is 346 g/mol. The van der Waals surface area contributed by atoms with E-state index >= 15 is 0 Å². The first-order valence-electron chi connectivity index (χ1n) is 7.03. The Kier molecular flexibility index (Phi) is 5.19. The van der Waals surface area contributed by atoms with Gasteiger partial charge in [-0.1, -0.05) is 12.1 Å². The van der Waals surface area contributed by atoms with E-state index in [1.807, 2.05) is 26.8 Å². The molecule has 2 aromatic rings. The summed E-state index contributed by atoms with van der Waals surface area (Å²) in [6.45, 7) is 5.95. The molecule has 0 unspecified atom stereocenters. The molecule has 0 fully saturated rings. The molecule has 0 saturated heterocycles. The fraction of sp³-hybridized carbons (Fsp3) is 0.294. The second-order valence-electron chi connectivity index (χ2n) is 5.45. The number of esters is 1. The molecule has 0 spiro atoms. The fourth-order valence-electron chi connectivity index (χ4n) is 2.13. The molecule has 0 aliphatic heterocycles. The molecule has 0 saturated carbocycles. The van der Waals surface area contributed by atoms with Gasteiger partial charge in [-0.05, 0) is 66.0 Å². The second kappa shape index (κ2) is 6.92. The van der Waals surface area contributed by atoms with Crippen LogP contribution >= 0.6 is 15.9 Å². The van der Waals surface area contributed by atoms with Gasteiger partial charge in [-0.15, -0.1) is 0 Å². The highest BCUT2D eigenvalue weighted by molar-refractivity contribution is 9.10. The molecule has 0 aliphatic carbocycles. The number of aromatic nitrogens is 1. The topological polar surface area (TPSA) is 48.3 Å². The zero-order chi connectivity index (χ0) is 16.3. The van der Waals surface area contributed by atoms with E-state index in [9.17, 15) is 9.59 Å². The number of ether oxygens (including phenoxy) is 1. The summed E-state index contributed by atoms with van der Waals surface area (Å²) in [5, 5.41) is 0. The standard InChI is InChI=1S/C17H18BrNO3/c1-11(2)22-17(21)14-6-4-5-13(8-14)10-19-9-12(3)7-15(18)16(19)20/h4-9,11H,10H2,1-3H3. The number of pyridine rings is 1. The average molecular weight is 364 g/mol. The Morgan fingerprint density at radius 2 is 2.05 bits per heavy atom. The van der Waals surface area contributed by atoms with Crippen molar-refractivity contribution < 1.29 is 9.53 Å². The van der Waals surface area contributed by atoms with Crippen molar-refractivity contribution in [1.82, 2.24) is 4.57 Å². The first-order chi connectivity index (χ1) is 10.4. The van der Waals surface area contributed by atoms with Crippen LogP contribution in [0.5, 0.6) is 0 Å². The molecule has 0 aliphatic rings. The van der Waals surface area contributed by atoms with Gasteiger partial charge in [0, 0.05) is 6.20 Å². The summed E-state index contributed by atoms with van der Waals surface area (Å²) in [4.78, 5) is 24.1. The van der Waals surface area contributed by atoms with E-state index in [1.165, 1.54) is 0 Å². The van der Waals surface area contributed by atoms with Crippen molar-refractivity contribution >= 4 is 21.9 Å². The third kappa shape index (κ3) is 4.07. The van der Waals surface area contributed by atoms with Gasteiger partial charge in [0.05, 0.1) is 22.7 Å². The van der Waals surface area contributed by atoms with Crippen molar-refractivity contribution in [3.63, 3.8) is 0 Å². The number of hydrogen-bond donors (Lipinski definition) is 0. The first-order valence-corrected chi connectivity index (χ1v) is 7.82. The van der Waals surface area contributed by atoms with E-state index < -0.39 is 0 Å². The molecule has 4 nitrogen and oxygen atoms in total. The number of halogens is 1. The van der Waals surface area contributed by atoms with E-state index in [4.69, 9.17) is 4.74 Å². The fourth-order valence-corrected chi connectivity index (χ4v) is 2.72. The molecule has 1 aromatic heterocycles. The van der Waals surface area contributed by atoms with E-state index in [0.717, 1.165) is 11.1 Å². The van der Waals surface area contributed by atoms with Crippen LogP contribution in [0.4, 0.5) is 0 Å². The minimum atomic E-state index is -0.352. The Labute approximate surface area is 137 Å². The number of nitrogens with zero attached hydrogens (tertiary/aromatic N) is 1. The highest BCUT2D eigenvalue weighted by Gasteiger charge is 2.10. The van der Waals surface area contributed by atoms with Gasteiger partial charge in [0.1, 0.15) is 0 Å². The lowest BCUT2D eigenvalue weighted by Crippen LogP contribution is -2.21. The maximum atomic E-state index is 12.1. The Balaban J connectivity index is 2.28. The maximum absolute atomic E-state index is 12.1. The molecule has 0 bridgehead atoms. The predicted octanol–water partition coefficient (Wildman–Crippen LogP) is 3.53. The molecule has 22 heavy (non-hydrogen) atoms. The lowest BCUT2D eigenvalue weighted by Gasteiger charge is -2.11. The molecule has 0 N–H and O–H groups in total. The maximum Gasteiger partial charge on any atom is 0.338 e. The van der Waals surface area contributed by atoms with Crippen molar-refractivity contribution in [3.8, 4) is 0 Å². The quantitative estimate of drug-likeness (QED) is 0.780. The largest absolute Gasteiger partial charge is 0.459 e. The molecule has 0 radical (unpaired) electrons. The third-order valence-corrected chi connectivity index (χ3v) is 3.61. The highest BCUT2D eigenvalue weighted by Crippen LogP contribution is 2.11. The van der Waals surface area contributed by atoms with E-state index in [2.05, 4.69) is 15.9 Å². The number of carbonyl (C=O) groups excluding carboxylic acids is 1. The van der Waals surface area contributed by atoms with Gasteiger partial charge < -0.3 is 9.30 Å². The van der Waals surface area contributed by atoms with Crippen LogP contribution in [0.2, 0.25) is 0 Å². The number of aryl methyl sites for hydroxylation is 1. The van der Waals surface area contributed by atoms with Crippen LogP contribution < -0.4 is 5.56 Å². The Morgan fingerprint density at radius 3 is 2.73 bits per heavy atom. The van der Waals surface area contributed by atoms with Gasteiger partial charge in [-0.2, -0.15) is 0 Å². The number of carbonyl (C=O) groups is 1. The van der Waals surface area contributed by atoms with Crippen LogP contribution in [-0.4, -0.2) is 16.6 Å². The zero-order valence-electron chi connectivity index (χ0n) is 12.8. The molecule has 5 heteroatoms. The summed E-state index contributed by atoms with van der Waals surface area (Å²) in [6.07, 6.45) is 1.64. The Bertz CT molecular complexity index is 750. The van der Waals surface area contributed by atoms with E-state index in [1.54, 1.807) is 35.0 Å². The number of hydrogen-bond acceptors (Lipinski definition) is 3. The predicted molar refractivity (Wildman–Crippen MR) is 89.2 cm³/mol. The lowest BCUT2D eigenvalue weighted by molar-refractivity contribution is 0.0378. The minimum absolute atomic E-state index is 0.0965. The van der Waals surface area contributed by atoms with Crippen molar-refractivity contribution in [2.45, 2.75) is 33.4 Å². The summed E-state index contributed by atoms with van der Waals surface area (Å²) in [5.74, 6) is -0.352. The van der Waals surface area contributed by atoms with Gasteiger partial charge in [0.15, 0.2) is 0 Å². The zero-order valence-corrected chi connectivity index (χ0v) is 14.4. The second-order valence-corrected chi connectivity index (χ2v) is 6.31. The third-order valence-electron chi connectivity index (χ3n) is 3.04. The van der Waals surface area contributed by atoms with Crippen molar-refractivity contribution in [2.75, 3.05) is 0 Å². The summed E-state index contributed by atoms with van der Waals surface area (Å²) in [7, 11) is 0. The van der Waals surface area contributed by atoms with Crippen molar-refractivity contribution in [3.05, 3.63) is 68.0 Å². The van der Waals surface area contributed by atoms with Crippen molar-refractivity contribution in [2.24, 2.45) is 0 Å². The van der Waals surface area contributed by atoms with Crippen LogP contribution in [0.15, 0.2) is 45.8 Å². The van der Waals surface area contributed by atoms with Crippen LogP contribution in [0.3, 0.4) is 0 Å². The van der Waals surface area contributed by atoms with Gasteiger partial charge in [-0.25, -0.2) is 4.79 Å². The summed E-state index contributed by atoms with van der Waals surface area (Å²) in [6, 6.07) is 8.93. The van der Waals surface area contributed by atoms with Crippen LogP contribution in [-0.2, 0) is 11.3 Å². The van der Waals surface area contributed by atoms with Crippen LogP contribution in [0, 0.1) is 6.92 Å². The number of rotatable bonds is 4. The molecule has 0 amide bonds. The first kappa shape index (κ1) is 16.5. The highest BCUT2D eigenvalue weighted by atomic mass is 79.9. The van der Waals surface area contributed by atoms with Crippen molar-refractivity contribution in [1.29, 1.82) is 0 Å². The molecule has 116 valence electrons. The molecule has 0 atom stereocenters. The lowest BCUT2D eigenvalue weighted by atomic mass is 10.1. The van der Waals surface area contributed by atoms with Gasteiger partial charge >= 0.3 is 5.97 Å². The van der Waals surface area contributed by atoms with Crippen LogP contribution in [0.25, 0.3) is 0 Å². The Hall–Kier alpha value is -1.88. The smallest absolute Gasteiger partial charge is 0.338 e. The summed E-state index contributed by atoms with van der Waals surface area (Å²) >= 11 is 3.27. The molecule has 2 rings (SSSR count). The molecule has 1 heterocycles. The monoisotopic (exact) mass is 363 g/mol. The Morgan fingerprint density at radius 1 is 1.32 bits per heavy atom.